The number of amides is 1. The van der Waals surface area contributed by atoms with Gasteiger partial charge in [-0.1, -0.05) is 294 Å². The van der Waals surface area contributed by atoms with Crippen LogP contribution in [0.25, 0.3) is 11.1 Å². The van der Waals surface area contributed by atoms with E-state index in [0.29, 0.717) is 51.9 Å². The maximum absolute atomic E-state index is 11.3. The number of aryl methyl sites for hydroxylation is 4. The summed E-state index contributed by atoms with van der Waals surface area (Å²) in [6.45, 7) is 18.9. The molecule has 2 atom stereocenters. The second kappa shape index (κ2) is 74.4. The Labute approximate surface area is 876 Å². The SMILES string of the molecule is C.C.C.C.C.C.C.C.C.C.C.C.C.CCCNC(=O)C(C)(C)NC.CN1CCSC1.CNC1(C)CC1.CNC1(C)CCCC1.CNC1(C)CCCCC1.CNC12CC3CC(CC(C3)C1)C2.CNC12CCCC1CCC2.CNC1CCC1.CNC1CCCc2ccccc21.CNC1CCc2ccccc21.CNC1Cc2ccccc2C1.CNC1c2ccccc2-c2ccccc21.CNc1c(C)cccc1C. The highest BCUT2D eigenvalue weighted by Gasteiger charge is 2.50. The van der Waals surface area contributed by atoms with E-state index < -0.39 is 5.54 Å². The van der Waals surface area contributed by atoms with Gasteiger partial charge in [-0.05, 0) is 390 Å². The highest BCUT2D eigenvalue weighted by molar-refractivity contribution is 7.99. The molecule has 15 nitrogen and oxygen atoms in total. The van der Waals surface area contributed by atoms with E-state index in [-0.39, 0.29) is 102 Å². The summed E-state index contributed by atoms with van der Waals surface area (Å²) in [5.74, 6) is 6.91. The van der Waals surface area contributed by atoms with Gasteiger partial charge in [-0.2, -0.15) is 0 Å². The molecule has 0 radical (unpaired) electrons. The van der Waals surface area contributed by atoms with Crippen molar-refractivity contribution in [2.24, 2.45) is 23.7 Å². The number of carbonyl (C=O) groups is 1. The molecule has 4 bridgehead atoms. The molecular weight excluding hydrogens is 1730 g/mol. The van der Waals surface area contributed by atoms with Crippen molar-refractivity contribution >= 4 is 23.4 Å². The van der Waals surface area contributed by atoms with Crippen LogP contribution in [0.2, 0.25) is 0 Å². The van der Waals surface area contributed by atoms with Gasteiger partial charge in [0.05, 0.1) is 11.6 Å². The summed E-state index contributed by atoms with van der Waals surface area (Å²) < 4.78 is 0. The first-order chi connectivity index (χ1) is 61.2. The number of thioether (sulfide) groups is 1. The molecule has 14 aliphatic carbocycles. The molecule has 6 aromatic carbocycles. The average Bonchev–Trinajstić information content (AvgIpc) is 1.51. The average molecular weight is 1970 g/mol. The number of likely N-dealkylation sites (N-methyl/N-ethyl adjacent to an activating group) is 2. The summed E-state index contributed by atoms with van der Waals surface area (Å²) in [4.78, 5) is 13.6. The zero-order chi connectivity index (χ0) is 91.9. The summed E-state index contributed by atoms with van der Waals surface area (Å²) >= 11 is 2.01. The maximum atomic E-state index is 11.3. The molecule has 140 heavy (non-hydrogen) atoms. The van der Waals surface area contributed by atoms with Crippen molar-refractivity contribution in [2.45, 2.75) is 434 Å². The molecule has 0 spiro atoms. The van der Waals surface area contributed by atoms with Crippen molar-refractivity contribution < 1.29 is 4.79 Å². The van der Waals surface area contributed by atoms with Gasteiger partial charge in [0, 0.05) is 89.3 Å². The second-order valence-corrected chi connectivity index (χ2v) is 41.9. The van der Waals surface area contributed by atoms with Crippen molar-refractivity contribution in [1.82, 2.24) is 68.7 Å². The molecule has 1 saturated heterocycles. The molecule has 21 rings (SSSR count). The number of carbonyl (C=O) groups excluding carboxylic acids is 1. The van der Waals surface area contributed by atoms with Crippen LogP contribution in [0, 0.1) is 37.5 Å². The number of anilines is 1. The predicted molar refractivity (Wildman–Crippen MR) is 639 cm³/mol. The molecule has 0 aromatic heterocycles. The molecule has 1 heterocycles. The molecule has 814 valence electrons. The highest BCUT2D eigenvalue weighted by atomic mass is 32.2. The first kappa shape index (κ1) is 145. The monoisotopic (exact) mass is 1970 g/mol. The summed E-state index contributed by atoms with van der Waals surface area (Å²) in [6, 6.07) is 52.8. The highest BCUT2D eigenvalue weighted by Crippen LogP contribution is 2.56. The predicted octanol–water partition coefficient (Wildman–Crippen LogP) is 29.4. The van der Waals surface area contributed by atoms with E-state index in [4.69, 9.17) is 0 Å². The van der Waals surface area contributed by atoms with Crippen LogP contribution in [0.5, 0.6) is 0 Å². The van der Waals surface area contributed by atoms with Crippen LogP contribution in [0.1, 0.15) is 404 Å². The Balaban J connectivity index is -0.000000347. The Morgan fingerprint density at radius 2 is 0.814 bits per heavy atom. The quantitative estimate of drug-likeness (QED) is 0.0467. The van der Waals surface area contributed by atoms with E-state index in [1.807, 2.05) is 81.9 Å². The number of rotatable bonds is 15. The van der Waals surface area contributed by atoms with Crippen LogP contribution in [-0.2, 0) is 30.5 Å². The lowest BCUT2D eigenvalue weighted by atomic mass is 9.53. The van der Waals surface area contributed by atoms with E-state index in [0.717, 1.165) is 42.7 Å². The number of nitrogens with zero attached hydrogens (tertiary/aromatic N) is 1. The van der Waals surface area contributed by atoms with Gasteiger partial charge in [0.25, 0.3) is 0 Å². The third-order valence-corrected chi connectivity index (χ3v) is 32.5. The number of hydrogen-bond acceptors (Lipinski definition) is 15. The fourth-order valence-corrected chi connectivity index (χ4v) is 23.0. The molecule has 1 aliphatic heterocycles. The van der Waals surface area contributed by atoms with Gasteiger partial charge >= 0.3 is 0 Å². The summed E-state index contributed by atoms with van der Waals surface area (Å²) in [5.41, 5.74) is 20.7. The molecular formula is C124H236N14OS. The van der Waals surface area contributed by atoms with Crippen LogP contribution >= 0.6 is 11.8 Å². The van der Waals surface area contributed by atoms with Crippen LogP contribution < -0.4 is 69.1 Å². The molecule has 15 aliphatic rings. The summed E-state index contributed by atoms with van der Waals surface area (Å²) in [6.07, 6.45) is 47.2. The first-order valence-corrected chi connectivity index (χ1v) is 51.6. The van der Waals surface area contributed by atoms with Gasteiger partial charge in [-0.15, -0.1) is 11.8 Å². The fraction of sp³-hybridized carbons (Fsp3) is 0.702. The van der Waals surface area contributed by atoms with E-state index in [9.17, 15) is 4.79 Å². The van der Waals surface area contributed by atoms with Crippen LogP contribution in [0.4, 0.5) is 5.69 Å². The molecule has 13 N–H and O–H groups in total. The number of para-hydroxylation sites is 1. The minimum atomic E-state index is -0.449. The number of fused-ring (bicyclic) bond motifs is 7. The number of nitrogens with one attached hydrogen (secondary N) is 13. The first-order valence-electron chi connectivity index (χ1n) is 50.4. The maximum Gasteiger partial charge on any atom is 0.239 e. The van der Waals surface area contributed by atoms with Gasteiger partial charge in [-0.25, -0.2) is 0 Å². The Morgan fingerprint density at radius 3 is 1.13 bits per heavy atom. The van der Waals surface area contributed by atoms with Crippen molar-refractivity contribution in [3.8, 4) is 11.1 Å². The van der Waals surface area contributed by atoms with Gasteiger partial charge in [0.15, 0.2) is 0 Å². The van der Waals surface area contributed by atoms with Crippen molar-refractivity contribution in [3.63, 3.8) is 0 Å². The number of hydrogen-bond donors (Lipinski definition) is 13. The number of benzene rings is 6. The third-order valence-electron chi connectivity index (χ3n) is 31.4. The molecule has 10 saturated carbocycles. The lowest BCUT2D eigenvalue weighted by Gasteiger charge is -2.56. The Kier molecular flexibility index (Phi) is 77.1. The normalized spacial score (nSPS) is 22.5. The van der Waals surface area contributed by atoms with E-state index in [1.54, 1.807) is 26.3 Å². The fourth-order valence-electron chi connectivity index (χ4n) is 22.0. The van der Waals surface area contributed by atoms with Gasteiger partial charge in [0.1, 0.15) is 0 Å². The molecule has 1 amide bonds. The standard InChI is InChI=1S/C14H13N.C11H19N.C11H15N.2C10H13N.C9H17N.C9H13N.C8H18N2O.C8H17N.C7H15N.2C5H11N.C4H9NS.13CH4/c1-15-14-12-8-4-2-6-10(12)11-7-3-5-9-13(11)14;1-12-11-5-8-2-9(6-11)4-10(3-8)7-11;1-12-11-8-4-6-9-5-2-3-7-10(9)11;1-11-10-6-8-4-2-3-5-9(8)7-10;1-11-10-7-6-8-4-2-3-5-9(8)10;1-10-9-6-2-4-8(9)5-3-7-9;1-7-5-4-6-8(2)9(7)10-3;1-5-6-10-7(11)8(2,3)9-4;1-8(9-2)6-4-3-5-7-8;1-7(8-2)5-3-4-6-7;1-5(6-2)3-4-5;1-6-5-3-2-4-5;1-5-2-3-6-4-5;;;;;;;;;;;;;/h2-9,14-15H,1H3;8-10,12H,2-7H2,1H3;2-3,5,7,11-12H,4,6,8H2,1H3;2*2-5,10-11H,6-7H2,1H3;8,10H,2-7H2,1H3;4-6,10H,1-3H3;9H,5-6H2,1-4H3,(H,10,11);9H,3-7H2,1-2H3;8H,3-6H2,1-2H3;6H,3-4H2,1-2H3;5-6H,2-4H2,1H3;2-4H2,1H3;13*1H4. The van der Waals surface area contributed by atoms with Crippen LogP contribution in [-0.4, -0.2) is 172 Å². The van der Waals surface area contributed by atoms with E-state index >= 15 is 0 Å². The molecule has 6 aromatic rings. The Morgan fingerprint density at radius 1 is 0.407 bits per heavy atom. The summed E-state index contributed by atoms with van der Waals surface area (Å²) in [5, 5.41) is 42.6. The Hall–Kier alpha value is -5.54. The van der Waals surface area contributed by atoms with E-state index in [2.05, 4.69) is 283 Å². The van der Waals surface area contributed by atoms with Crippen molar-refractivity contribution in [3.05, 3.63) is 195 Å². The van der Waals surface area contributed by atoms with Gasteiger partial charge in [-0.3, -0.25) is 9.69 Å². The molecule has 11 fully saturated rings. The minimum absolute atomic E-state index is 0. The second-order valence-electron chi connectivity index (χ2n) is 40.8. The van der Waals surface area contributed by atoms with E-state index in [1.165, 1.54) is 283 Å². The van der Waals surface area contributed by atoms with Gasteiger partial charge in [0.2, 0.25) is 5.91 Å². The third kappa shape index (κ3) is 44.6. The molecule has 2 unspecified atom stereocenters. The Bertz CT molecular complexity index is 3920. The minimum Gasteiger partial charge on any atom is -0.388 e. The largest absolute Gasteiger partial charge is 0.388 e. The van der Waals surface area contributed by atoms with Crippen molar-refractivity contribution in [2.75, 3.05) is 122 Å². The van der Waals surface area contributed by atoms with Crippen LogP contribution in [0.3, 0.4) is 0 Å². The summed E-state index contributed by atoms with van der Waals surface area (Å²) in [7, 11) is 26.5. The van der Waals surface area contributed by atoms with Crippen molar-refractivity contribution in [1.29, 1.82) is 0 Å². The lowest BCUT2D eigenvalue weighted by molar-refractivity contribution is -0.126. The zero-order valence-electron chi connectivity index (χ0n) is 84.1. The van der Waals surface area contributed by atoms with Gasteiger partial charge < -0.3 is 69.1 Å². The van der Waals surface area contributed by atoms with Crippen LogP contribution in [0.15, 0.2) is 140 Å². The zero-order valence-corrected chi connectivity index (χ0v) is 84.9. The lowest BCUT2D eigenvalue weighted by Crippen LogP contribution is -2.57. The smallest absolute Gasteiger partial charge is 0.239 e. The topological polar surface area (TPSA) is 177 Å². The molecule has 16 heteroatoms.